The van der Waals surface area contributed by atoms with Gasteiger partial charge in [-0.05, 0) is 32.4 Å². The molecular weight excluding hydrogens is 330 g/mol. The highest BCUT2D eigenvalue weighted by Crippen LogP contribution is 2.35. The zero-order valence-corrected chi connectivity index (χ0v) is 14.7. The maximum Gasteiger partial charge on any atom is 0.159 e. The predicted molar refractivity (Wildman–Crippen MR) is 96.8 cm³/mol. The van der Waals surface area contributed by atoms with E-state index < -0.39 is 0 Å². The molecule has 4 heterocycles. The molecule has 0 saturated carbocycles. The quantitative estimate of drug-likeness (QED) is 0.524. The van der Waals surface area contributed by atoms with E-state index in [1.54, 1.807) is 36.3 Å². The van der Waals surface area contributed by atoms with E-state index in [4.69, 9.17) is 9.51 Å². The van der Waals surface area contributed by atoms with Crippen LogP contribution in [0.15, 0.2) is 35.2 Å². The standard InChI is InChI=1S/C19H17N5O2/c1-4-24-19-14(9-21-24)17(13-5-11(2)7-20-8-13)15(10-25)18(22-19)16-6-12(3)26-23-16/h5-10H,4H2,1-3H3. The van der Waals surface area contributed by atoms with E-state index >= 15 is 0 Å². The van der Waals surface area contributed by atoms with Crippen LogP contribution in [-0.2, 0) is 6.54 Å². The van der Waals surface area contributed by atoms with Crippen LogP contribution in [0.5, 0.6) is 0 Å². The molecule has 0 aliphatic rings. The lowest BCUT2D eigenvalue weighted by molar-refractivity contribution is 0.112. The van der Waals surface area contributed by atoms with Crippen LogP contribution in [-0.4, -0.2) is 31.2 Å². The summed E-state index contributed by atoms with van der Waals surface area (Å²) >= 11 is 0. The number of hydrogen-bond donors (Lipinski definition) is 0. The van der Waals surface area contributed by atoms with Crippen molar-refractivity contribution in [2.24, 2.45) is 0 Å². The molecule has 0 amide bonds. The molecule has 0 spiro atoms. The number of nitrogens with zero attached hydrogens (tertiary/aromatic N) is 5. The summed E-state index contributed by atoms with van der Waals surface area (Å²) in [6, 6.07) is 3.77. The fraction of sp³-hybridized carbons (Fsp3) is 0.211. The molecule has 4 aromatic heterocycles. The summed E-state index contributed by atoms with van der Waals surface area (Å²) in [6.07, 6.45) is 6.08. The van der Waals surface area contributed by atoms with Crippen LogP contribution in [0.4, 0.5) is 0 Å². The molecule has 0 N–H and O–H groups in total. The molecule has 0 aromatic carbocycles. The minimum absolute atomic E-state index is 0.453. The first-order valence-electron chi connectivity index (χ1n) is 8.32. The predicted octanol–water partition coefficient (Wildman–Crippen LogP) is 3.60. The summed E-state index contributed by atoms with van der Waals surface area (Å²) in [4.78, 5) is 21.0. The van der Waals surface area contributed by atoms with Gasteiger partial charge in [0, 0.05) is 41.5 Å². The van der Waals surface area contributed by atoms with Gasteiger partial charge in [-0.15, -0.1) is 0 Å². The van der Waals surface area contributed by atoms with Gasteiger partial charge in [-0.1, -0.05) is 5.16 Å². The van der Waals surface area contributed by atoms with E-state index in [1.165, 1.54) is 0 Å². The highest BCUT2D eigenvalue weighted by atomic mass is 16.5. The summed E-state index contributed by atoms with van der Waals surface area (Å²) in [5.74, 6) is 0.654. The lowest BCUT2D eigenvalue weighted by atomic mass is 9.96. The molecule has 0 aliphatic heterocycles. The first-order valence-corrected chi connectivity index (χ1v) is 8.32. The average molecular weight is 347 g/mol. The van der Waals surface area contributed by atoms with Crippen molar-refractivity contribution in [2.75, 3.05) is 0 Å². The molecule has 4 aromatic rings. The molecule has 7 nitrogen and oxygen atoms in total. The van der Waals surface area contributed by atoms with Crippen LogP contribution in [0, 0.1) is 13.8 Å². The third kappa shape index (κ3) is 2.48. The van der Waals surface area contributed by atoms with E-state index in [0.29, 0.717) is 34.9 Å². The number of fused-ring (bicyclic) bond motifs is 1. The zero-order chi connectivity index (χ0) is 18.3. The highest BCUT2D eigenvalue weighted by molar-refractivity contribution is 6.05. The SMILES string of the molecule is CCn1ncc2c(-c3cncc(C)c3)c(C=O)c(-c3cc(C)on3)nc21. The molecule has 4 rings (SSSR count). The Kier molecular flexibility index (Phi) is 3.84. The minimum atomic E-state index is 0.453. The first-order chi connectivity index (χ1) is 12.6. The molecular formula is C19H17N5O2. The Labute approximate surface area is 149 Å². The maximum atomic E-state index is 12.1. The minimum Gasteiger partial charge on any atom is -0.361 e. The highest BCUT2D eigenvalue weighted by Gasteiger charge is 2.22. The molecule has 0 fully saturated rings. The van der Waals surface area contributed by atoms with Gasteiger partial charge in [-0.2, -0.15) is 5.10 Å². The van der Waals surface area contributed by atoms with Gasteiger partial charge in [0.25, 0.3) is 0 Å². The maximum absolute atomic E-state index is 12.1. The summed E-state index contributed by atoms with van der Waals surface area (Å²) in [7, 11) is 0. The van der Waals surface area contributed by atoms with Gasteiger partial charge in [0.1, 0.15) is 17.1 Å². The van der Waals surface area contributed by atoms with Crippen LogP contribution in [0.2, 0.25) is 0 Å². The van der Waals surface area contributed by atoms with E-state index in [1.807, 2.05) is 19.9 Å². The largest absolute Gasteiger partial charge is 0.361 e. The van der Waals surface area contributed by atoms with E-state index in [0.717, 1.165) is 28.4 Å². The second-order valence-electron chi connectivity index (χ2n) is 6.14. The number of carbonyl (C=O) groups excluding carboxylic acids is 1. The molecule has 7 heteroatoms. The van der Waals surface area contributed by atoms with Gasteiger partial charge in [-0.25, -0.2) is 9.67 Å². The van der Waals surface area contributed by atoms with Crippen molar-refractivity contribution in [3.63, 3.8) is 0 Å². The van der Waals surface area contributed by atoms with Crippen LogP contribution < -0.4 is 0 Å². The Morgan fingerprint density at radius 3 is 2.69 bits per heavy atom. The van der Waals surface area contributed by atoms with Crippen molar-refractivity contribution < 1.29 is 9.32 Å². The smallest absolute Gasteiger partial charge is 0.159 e. The Hall–Kier alpha value is -3.35. The van der Waals surface area contributed by atoms with Crippen LogP contribution in [0.1, 0.15) is 28.6 Å². The lowest BCUT2D eigenvalue weighted by Gasteiger charge is -2.11. The van der Waals surface area contributed by atoms with Crippen molar-refractivity contribution in [1.82, 2.24) is 24.9 Å². The number of pyridine rings is 2. The second-order valence-corrected chi connectivity index (χ2v) is 6.14. The zero-order valence-electron chi connectivity index (χ0n) is 14.7. The van der Waals surface area contributed by atoms with Gasteiger partial charge in [0.15, 0.2) is 11.9 Å². The average Bonchev–Trinajstić information content (AvgIpc) is 3.25. The van der Waals surface area contributed by atoms with Crippen molar-refractivity contribution in [2.45, 2.75) is 27.3 Å². The second kappa shape index (κ2) is 6.18. The van der Waals surface area contributed by atoms with Crippen molar-refractivity contribution in [1.29, 1.82) is 0 Å². The fourth-order valence-electron chi connectivity index (χ4n) is 3.12. The van der Waals surface area contributed by atoms with Crippen molar-refractivity contribution in [3.05, 3.63) is 47.6 Å². The monoisotopic (exact) mass is 347 g/mol. The van der Waals surface area contributed by atoms with Gasteiger partial charge in [0.2, 0.25) is 0 Å². The summed E-state index contributed by atoms with van der Waals surface area (Å²) in [5, 5.41) is 9.27. The van der Waals surface area contributed by atoms with Crippen molar-refractivity contribution in [3.8, 4) is 22.5 Å². The summed E-state index contributed by atoms with van der Waals surface area (Å²) in [5.41, 5.74) is 4.77. The van der Waals surface area contributed by atoms with Crippen molar-refractivity contribution >= 4 is 17.3 Å². The molecule has 130 valence electrons. The molecule has 0 saturated heterocycles. The van der Waals surface area contributed by atoms with Gasteiger partial charge in [0.05, 0.1) is 11.8 Å². The first kappa shape index (κ1) is 16.1. The molecule has 0 unspecified atom stereocenters. The van der Waals surface area contributed by atoms with Crippen LogP contribution in [0.3, 0.4) is 0 Å². The molecule has 0 aliphatic carbocycles. The lowest BCUT2D eigenvalue weighted by Crippen LogP contribution is -2.02. The molecule has 0 bridgehead atoms. The molecule has 0 atom stereocenters. The topological polar surface area (TPSA) is 86.7 Å². The summed E-state index contributed by atoms with van der Waals surface area (Å²) < 4.78 is 6.99. The fourth-order valence-corrected chi connectivity index (χ4v) is 3.12. The number of carbonyl (C=O) groups is 1. The van der Waals surface area contributed by atoms with E-state index in [-0.39, 0.29) is 0 Å². The van der Waals surface area contributed by atoms with E-state index in [2.05, 4.69) is 15.2 Å². The molecule has 0 radical (unpaired) electrons. The number of rotatable bonds is 4. The summed E-state index contributed by atoms with van der Waals surface area (Å²) in [6.45, 7) is 6.43. The van der Waals surface area contributed by atoms with Crippen LogP contribution >= 0.6 is 0 Å². The third-order valence-electron chi connectivity index (χ3n) is 4.27. The number of aromatic nitrogens is 5. The van der Waals surface area contributed by atoms with Crippen LogP contribution in [0.25, 0.3) is 33.5 Å². The Bertz CT molecular complexity index is 1130. The van der Waals surface area contributed by atoms with Gasteiger partial charge in [-0.3, -0.25) is 9.78 Å². The Balaban J connectivity index is 2.14. The third-order valence-corrected chi connectivity index (χ3v) is 4.27. The molecule has 26 heavy (non-hydrogen) atoms. The number of aryl methyl sites for hydroxylation is 3. The normalized spacial score (nSPS) is 11.2. The van der Waals surface area contributed by atoms with Gasteiger partial charge < -0.3 is 4.52 Å². The van der Waals surface area contributed by atoms with E-state index in [9.17, 15) is 4.79 Å². The number of aldehydes is 1. The Morgan fingerprint density at radius 2 is 2.04 bits per heavy atom. The number of hydrogen-bond acceptors (Lipinski definition) is 6. The Morgan fingerprint density at radius 1 is 1.19 bits per heavy atom. The van der Waals surface area contributed by atoms with Gasteiger partial charge >= 0.3 is 0 Å².